The highest BCUT2D eigenvalue weighted by Gasteiger charge is 2.04. The molecule has 0 atom stereocenters. The molecule has 0 saturated heterocycles. The molecule has 0 saturated carbocycles. The molecule has 19 heavy (non-hydrogen) atoms. The van der Waals surface area contributed by atoms with Gasteiger partial charge in [0.2, 0.25) is 11.8 Å². The number of hydrogen-bond acceptors (Lipinski definition) is 5. The largest absolute Gasteiger partial charge is 0.478 e. The monoisotopic (exact) mass is 261 g/mol. The second kappa shape index (κ2) is 6.22. The first-order valence-electron chi connectivity index (χ1n) is 6.45. The Bertz CT molecular complexity index is 537. The van der Waals surface area contributed by atoms with Crippen LogP contribution >= 0.6 is 0 Å². The van der Waals surface area contributed by atoms with Gasteiger partial charge in [0.1, 0.15) is 11.5 Å². The average Bonchev–Trinajstić information content (AvgIpc) is 2.79. The summed E-state index contributed by atoms with van der Waals surface area (Å²) in [6, 6.07) is 5.70. The molecule has 0 aliphatic rings. The minimum atomic E-state index is 0.556. The summed E-state index contributed by atoms with van der Waals surface area (Å²) in [5.74, 6) is 2.92. The molecule has 0 spiro atoms. The maximum atomic E-state index is 5.52. The van der Waals surface area contributed by atoms with Crippen LogP contribution in [-0.2, 0) is 6.54 Å². The van der Waals surface area contributed by atoms with Crippen LogP contribution in [0, 0.1) is 13.8 Å². The van der Waals surface area contributed by atoms with Crippen LogP contribution in [-0.4, -0.2) is 16.6 Å². The van der Waals surface area contributed by atoms with Crippen LogP contribution in [0.4, 0.5) is 5.95 Å². The zero-order valence-electron chi connectivity index (χ0n) is 11.6. The summed E-state index contributed by atoms with van der Waals surface area (Å²) in [7, 11) is 0. The van der Waals surface area contributed by atoms with Crippen LogP contribution in [0.15, 0.2) is 22.6 Å². The maximum absolute atomic E-state index is 5.52. The number of furan rings is 1. The number of aryl methyl sites for hydroxylation is 2. The second-order valence-corrected chi connectivity index (χ2v) is 4.39. The zero-order valence-corrected chi connectivity index (χ0v) is 11.6. The van der Waals surface area contributed by atoms with Gasteiger partial charge in [-0.15, -0.1) is 0 Å². The lowest BCUT2D eigenvalue weighted by Crippen LogP contribution is -2.06. The van der Waals surface area contributed by atoms with Gasteiger partial charge >= 0.3 is 0 Å². The Hall–Kier alpha value is -2.04. The summed E-state index contributed by atoms with van der Waals surface area (Å²) >= 11 is 0. The van der Waals surface area contributed by atoms with E-state index in [1.807, 2.05) is 32.0 Å². The van der Waals surface area contributed by atoms with E-state index in [2.05, 4.69) is 22.2 Å². The van der Waals surface area contributed by atoms with Crippen molar-refractivity contribution in [3.63, 3.8) is 0 Å². The molecular formula is C14H19N3O2. The van der Waals surface area contributed by atoms with Crippen molar-refractivity contribution in [2.24, 2.45) is 0 Å². The minimum Gasteiger partial charge on any atom is -0.478 e. The standard InChI is InChI=1S/C14H19N3O2/c1-4-7-18-13-8-10(2)16-14(17-13)15-9-12-6-5-11(3)19-12/h5-6,8H,4,7,9H2,1-3H3,(H,15,16,17). The van der Waals surface area contributed by atoms with Crippen LogP contribution in [0.3, 0.4) is 0 Å². The van der Waals surface area contributed by atoms with Gasteiger partial charge in [-0.2, -0.15) is 4.98 Å². The quantitative estimate of drug-likeness (QED) is 0.865. The highest BCUT2D eigenvalue weighted by Crippen LogP contribution is 2.14. The fraction of sp³-hybridized carbons (Fsp3) is 0.429. The van der Waals surface area contributed by atoms with Crippen molar-refractivity contribution in [1.29, 1.82) is 0 Å². The molecule has 102 valence electrons. The third-order valence-corrected chi connectivity index (χ3v) is 2.50. The average molecular weight is 261 g/mol. The molecule has 0 bridgehead atoms. The lowest BCUT2D eigenvalue weighted by molar-refractivity contribution is 0.305. The van der Waals surface area contributed by atoms with Gasteiger partial charge in [0, 0.05) is 11.8 Å². The highest BCUT2D eigenvalue weighted by atomic mass is 16.5. The molecule has 2 aromatic rings. The molecule has 2 rings (SSSR count). The van der Waals surface area contributed by atoms with E-state index in [0.717, 1.165) is 23.6 Å². The highest BCUT2D eigenvalue weighted by molar-refractivity contribution is 5.31. The molecule has 0 unspecified atom stereocenters. The molecule has 0 aliphatic heterocycles. The molecule has 5 heteroatoms. The van der Waals surface area contributed by atoms with E-state index in [4.69, 9.17) is 9.15 Å². The number of hydrogen-bond donors (Lipinski definition) is 1. The molecule has 0 radical (unpaired) electrons. The Morgan fingerprint density at radius 1 is 1.26 bits per heavy atom. The number of rotatable bonds is 6. The Balaban J connectivity index is 2.01. The molecule has 1 N–H and O–H groups in total. The van der Waals surface area contributed by atoms with E-state index in [-0.39, 0.29) is 0 Å². The topological polar surface area (TPSA) is 60.2 Å². The van der Waals surface area contributed by atoms with Crippen LogP contribution in [0.5, 0.6) is 5.88 Å². The van der Waals surface area contributed by atoms with Gasteiger partial charge in [-0.25, -0.2) is 4.98 Å². The predicted octanol–water partition coefficient (Wildman–Crippen LogP) is 3.09. The molecule has 0 aliphatic carbocycles. The molecular weight excluding hydrogens is 242 g/mol. The lowest BCUT2D eigenvalue weighted by atomic mass is 10.4. The minimum absolute atomic E-state index is 0.556. The fourth-order valence-corrected chi connectivity index (χ4v) is 1.65. The summed E-state index contributed by atoms with van der Waals surface area (Å²) in [6.07, 6.45) is 0.956. The van der Waals surface area contributed by atoms with Gasteiger partial charge in [-0.05, 0) is 32.4 Å². The molecule has 0 aromatic carbocycles. The van der Waals surface area contributed by atoms with E-state index in [1.54, 1.807) is 0 Å². The number of anilines is 1. The number of ether oxygens (including phenoxy) is 1. The zero-order chi connectivity index (χ0) is 13.7. The summed E-state index contributed by atoms with van der Waals surface area (Å²) < 4.78 is 11.0. The molecule has 5 nitrogen and oxygen atoms in total. The maximum Gasteiger partial charge on any atom is 0.226 e. The second-order valence-electron chi connectivity index (χ2n) is 4.39. The third kappa shape index (κ3) is 3.98. The third-order valence-electron chi connectivity index (χ3n) is 2.50. The fourth-order valence-electron chi connectivity index (χ4n) is 1.65. The number of aromatic nitrogens is 2. The van der Waals surface area contributed by atoms with Crippen LogP contribution < -0.4 is 10.1 Å². The van der Waals surface area contributed by atoms with Crippen molar-refractivity contribution < 1.29 is 9.15 Å². The first-order valence-corrected chi connectivity index (χ1v) is 6.45. The van der Waals surface area contributed by atoms with E-state index in [0.29, 0.717) is 25.0 Å². The van der Waals surface area contributed by atoms with Gasteiger partial charge in [0.05, 0.1) is 13.2 Å². The Kier molecular flexibility index (Phi) is 4.39. The van der Waals surface area contributed by atoms with Crippen LogP contribution in [0.25, 0.3) is 0 Å². The van der Waals surface area contributed by atoms with Crippen molar-refractivity contribution in [2.45, 2.75) is 33.7 Å². The van der Waals surface area contributed by atoms with E-state index in [1.165, 1.54) is 0 Å². The normalized spacial score (nSPS) is 10.5. The van der Waals surface area contributed by atoms with Crippen molar-refractivity contribution in [3.8, 4) is 5.88 Å². The molecule has 0 amide bonds. The van der Waals surface area contributed by atoms with Gasteiger partial charge in [0.15, 0.2) is 0 Å². The van der Waals surface area contributed by atoms with Gasteiger partial charge < -0.3 is 14.5 Å². The summed E-state index contributed by atoms with van der Waals surface area (Å²) in [5.41, 5.74) is 0.874. The van der Waals surface area contributed by atoms with Crippen LogP contribution in [0.1, 0.15) is 30.6 Å². The Morgan fingerprint density at radius 3 is 2.79 bits per heavy atom. The smallest absolute Gasteiger partial charge is 0.226 e. The van der Waals surface area contributed by atoms with Crippen LogP contribution in [0.2, 0.25) is 0 Å². The molecule has 2 heterocycles. The Labute approximate surface area is 113 Å². The lowest BCUT2D eigenvalue weighted by Gasteiger charge is -2.08. The van der Waals surface area contributed by atoms with Crippen molar-refractivity contribution in [3.05, 3.63) is 35.4 Å². The molecule has 2 aromatic heterocycles. The van der Waals surface area contributed by atoms with E-state index >= 15 is 0 Å². The van der Waals surface area contributed by atoms with E-state index in [9.17, 15) is 0 Å². The predicted molar refractivity (Wildman–Crippen MR) is 73.3 cm³/mol. The SMILES string of the molecule is CCCOc1cc(C)nc(NCc2ccc(C)o2)n1. The first-order chi connectivity index (χ1) is 9.17. The molecule has 0 fully saturated rings. The van der Waals surface area contributed by atoms with Crippen molar-refractivity contribution >= 4 is 5.95 Å². The summed E-state index contributed by atoms with van der Waals surface area (Å²) in [5, 5.41) is 3.14. The number of nitrogens with one attached hydrogen (secondary N) is 1. The number of nitrogens with zero attached hydrogens (tertiary/aromatic N) is 2. The van der Waals surface area contributed by atoms with Crippen molar-refractivity contribution in [2.75, 3.05) is 11.9 Å². The van der Waals surface area contributed by atoms with E-state index < -0.39 is 0 Å². The van der Waals surface area contributed by atoms with Gasteiger partial charge in [-0.1, -0.05) is 6.92 Å². The summed E-state index contributed by atoms with van der Waals surface area (Å²) in [4.78, 5) is 8.63. The summed E-state index contributed by atoms with van der Waals surface area (Å²) in [6.45, 7) is 7.12. The Morgan fingerprint density at radius 2 is 2.11 bits per heavy atom. The van der Waals surface area contributed by atoms with Gasteiger partial charge in [0.25, 0.3) is 0 Å². The van der Waals surface area contributed by atoms with Gasteiger partial charge in [-0.3, -0.25) is 0 Å². The first kappa shape index (κ1) is 13.4. The van der Waals surface area contributed by atoms with Crippen molar-refractivity contribution in [1.82, 2.24) is 9.97 Å².